The van der Waals surface area contributed by atoms with E-state index in [1.807, 2.05) is 0 Å². The molecule has 0 aromatic carbocycles. The summed E-state index contributed by atoms with van der Waals surface area (Å²) in [5, 5.41) is 10.7. The van der Waals surface area contributed by atoms with E-state index in [0.29, 0.717) is 0 Å². The molecule has 88 valence electrons. The molecule has 2 aliphatic rings. The van der Waals surface area contributed by atoms with Gasteiger partial charge in [-0.2, -0.15) is 4.98 Å². The van der Waals surface area contributed by atoms with Crippen LogP contribution < -0.4 is 10.2 Å². The molecule has 2 N–H and O–H groups in total. The van der Waals surface area contributed by atoms with E-state index in [1.165, 1.54) is 19.3 Å². The molecule has 5 nitrogen and oxygen atoms in total. The second-order valence-corrected chi connectivity index (χ2v) is 4.82. The molecular formula is C11H19N5. The van der Waals surface area contributed by atoms with E-state index >= 15 is 0 Å². The summed E-state index contributed by atoms with van der Waals surface area (Å²) in [5.74, 6) is 2.80. The number of nitrogens with zero attached hydrogens (tertiary/aromatic N) is 3. The van der Waals surface area contributed by atoms with Gasteiger partial charge in [-0.3, -0.25) is 5.10 Å². The lowest BCUT2D eigenvalue weighted by Gasteiger charge is -2.26. The molecule has 5 heteroatoms. The largest absolute Gasteiger partial charge is 0.337 e. The van der Waals surface area contributed by atoms with Crippen molar-refractivity contribution in [3.05, 3.63) is 5.82 Å². The van der Waals surface area contributed by atoms with Gasteiger partial charge in [0.1, 0.15) is 5.82 Å². The molecule has 1 aliphatic carbocycles. The number of aromatic amines is 1. The highest BCUT2D eigenvalue weighted by molar-refractivity contribution is 5.29. The molecule has 3 rings (SSSR count). The summed E-state index contributed by atoms with van der Waals surface area (Å²) in [4.78, 5) is 6.83. The van der Waals surface area contributed by atoms with Gasteiger partial charge in [0.15, 0.2) is 0 Å². The summed E-state index contributed by atoms with van der Waals surface area (Å²) in [6.07, 6.45) is 5.20. The van der Waals surface area contributed by atoms with E-state index in [1.54, 1.807) is 0 Å². The fourth-order valence-corrected chi connectivity index (χ4v) is 2.35. The Hall–Kier alpha value is -1.10. The third-order valence-electron chi connectivity index (χ3n) is 3.63. The molecule has 16 heavy (non-hydrogen) atoms. The average molecular weight is 221 g/mol. The highest BCUT2D eigenvalue weighted by Crippen LogP contribution is 2.29. The lowest BCUT2D eigenvalue weighted by Crippen LogP contribution is -2.44. The Morgan fingerprint density at radius 3 is 2.75 bits per heavy atom. The molecule has 1 aromatic heterocycles. The molecule has 0 bridgehead atoms. The van der Waals surface area contributed by atoms with Crippen LogP contribution >= 0.6 is 0 Å². The summed E-state index contributed by atoms with van der Waals surface area (Å²) < 4.78 is 0. The molecule has 1 aliphatic heterocycles. The van der Waals surface area contributed by atoms with Crippen molar-refractivity contribution in [2.24, 2.45) is 5.92 Å². The molecule has 0 amide bonds. The van der Waals surface area contributed by atoms with Crippen LogP contribution in [0.1, 0.15) is 25.1 Å². The summed E-state index contributed by atoms with van der Waals surface area (Å²) in [6.45, 7) is 4.10. The van der Waals surface area contributed by atoms with Crippen LogP contribution in [0.5, 0.6) is 0 Å². The molecule has 0 unspecified atom stereocenters. The topological polar surface area (TPSA) is 56.8 Å². The molecule has 0 spiro atoms. The first-order valence-corrected chi connectivity index (χ1v) is 6.29. The Kier molecular flexibility index (Phi) is 2.78. The molecule has 2 fully saturated rings. The minimum absolute atomic E-state index is 0.851. The van der Waals surface area contributed by atoms with E-state index in [2.05, 4.69) is 25.4 Å². The number of nitrogens with one attached hydrogen (secondary N) is 2. The van der Waals surface area contributed by atoms with Gasteiger partial charge in [0.25, 0.3) is 0 Å². The molecule has 1 saturated heterocycles. The van der Waals surface area contributed by atoms with E-state index in [0.717, 1.165) is 50.3 Å². The molecule has 2 heterocycles. The second kappa shape index (κ2) is 4.41. The van der Waals surface area contributed by atoms with Crippen molar-refractivity contribution in [2.75, 3.05) is 31.1 Å². The van der Waals surface area contributed by atoms with E-state index < -0.39 is 0 Å². The number of aromatic nitrogens is 3. The van der Waals surface area contributed by atoms with Crippen LogP contribution in [-0.4, -0.2) is 41.4 Å². The van der Waals surface area contributed by atoms with Gasteiger partial charge in [0, 0.05) is 32.6 Å². The Balaban J connectivity index is 1.61. The maximum Gasteiger partial charge on any atom is 0.244 e. The molecule has 1 aromatic rings. The monoisotopic (exact) mass is 221 g/mol. The number of piperazine rings is 1. The zero-order valence-electron chi connectivity index (χ0n) is 9.58. The van der Waals surface area contributed by atoms with Gasteiger partial charge in [-0.15, -0.1) is 5.10 Å². The standard InChI is InChI=1S/C11H19N5/c1-2-9(3-1)8-10-13-11(15-14-10)16-6-4-12-5-7-16/h9,12H,1-8H2,(H,13,14,15). The van der Waals surface area contributed by atoms with Gasteiger partial charge >= 0.3 is 0 Å². The van der Waals surface area contributed by atoms with E-state index in [9.17, 15) is 0 Å². The van der Waals surface area contributed by atoms with Gasteiger partial charge < -0.3 is 10.2 Å². The minimum atomic E-state index is 0.851. The van der Waals surface area contributed by atoms with Crippen molar-refractivity contribution in [3.8, 4) is 0 Å². The first kappa shape index (κ1) is 10.1. The van der Waals surface area contributed by atoms with Gasteiger partial charge in [-0.05, 0) is 5.92 Å². The number of rotatable bonds is 3. The number of H-pyrrole nitrogens is 1. The van der Waals surface area contributed by atoms with Crippen molar-refractivity contribution in [1.82, 2.24) is 20.5 Å². The normalized spacial score (nSPS) is 22.1. The predicted molar refractivity (Wildman–Crippen MR) is 62.5 cm³/mol. The van der Waals surface area contributed by atoms with Crippen LogP contribution in [0.4, 0.5) is 5.95 Å². The minimum Gasteiger partial charge on any atom is -0.337 e. The van der Waals surface area contributed by atoms with E-state index in [-0.39, 0.29) is 0 Å². The van der Waals surface area contributed by atoms with Crippen molar-refractivity contribution in [1.29, 1.82) is 0 Å². The fourth-order valence-electron chi connectivity index (χ4n) is 2.35. The van der Waals surface area contributed by atoms with Crippen LogP contribution in [0.15, 0.2) is 0 Å². The van der Waals surface area contributed by atoms with E-state index in [4.69, 9.17) is 0 Å². The van der Waals surface area contributed by atoms with Gasteiger partial charge in [-0.25, -0.2) is 0 Å². The quantitative estimate of drug-likeness (QED) is 0.783. The van der Waals surface area contributed by atoms with Crippen molar-refractivity contribution < 1.29 is 0 Å². The van der Waals surface area contributed by atoms with Gasteiger partial charge in [0.2, 0.25) is 5.95 Å². The zero-order chi connectivity index (χ0) is 10.8. The van der Waals surface area contributed by atoms with Crippen molar-refractivity contribution in [3.63, 3.8) is 0 Å². The van der Waals surface area contributed by atoms with Crippen LogP contribution in [0.25, 0.3) is 0 Å². The smallest absolute Gasteiger partial charge is 0.244 e. The molecular weight excluding hydrogens is 202 g/mol. The van der Waals surface area contributed by atoms with Crippen molar-refractivity contribution in [2.45, 2.75) is 25.7 Å². The van der Waals surface area contributed by atoms with Gasteiger partial charge in [-0.1, -0.05) is 19.3 Å². The number of hydrogen-bond donors (Lipinski definition) is 2. The highest BCUT2D eigenvalue weighted by Gasteiger charge is 2.20. The summed E-state index contributed by atoms with van der Waals surface area (Å²) in [5.41, 5.74) is 0. The first-order valence-electron chi connectivity index (χ1n) is 6.29. The first-order chi connectivity index (χ1) is 7.92. The lowest BCUT2D eigenvalue weighted by atomic mass is 9.83. The van der Waals surface area contributed by atoms with Crippen molar-refractivity contribution >= 4 is 5.95 Å². The van der Waals surface area contributed by atoms with Crippen LogP contribution in [-0.2, 0) is 6.42 Å². The lowest BCUT2D eigenvalue weighted by molar-refractivity contribution is 0.309. The maximum absolute atomic E-state index is 4.59. The van der Waals surface area contributed by atoms with Crippen LogP contribution in [0, 0.1) is 5.92 Å². The maximum atomic E-state index is 4.59. The molecule has 1 saturated carbocycles. The third kappa shape index (κ3) is 2.04. The summed E-state index contributed by atoms with van der Waals surface area (Å²) >= 11 is 0. The number of anilines is 1. The number of hydrogen-bond acceptors (Lipinski definition) is 4. The summed E-state index contributed by atoms with van der Waals surface area (Å²) in [6, 6.07) is 0. The van der Waals surface area contributed by atoms with Gasteiger partial charge in [0.05, 0.1) is 0 Å². The van der Waals surface area contributed by atoms with Crippen LogP contribution in [0.3, 0.4) is 0 Å². The molecule has 0 atom stereocenters. The molecule has 0 radical (unpaired) electrons. The zero-order valence-corrected chi connectivity index (χ0v) is 9.58. The average Bonchev–Trinajstić information content (AvgIpc) is 2.73. The third-order valence-corrected chi connectivity index (χ3v) is 3.63. The Morgan fingerprint density at radius 2 is 2.06 bits per heavy atom. The van der Waals surface area contributed by atoms with Crippen LogP contribution in [0.2, 0.25) is 0 Å². The Morgan fingerprint density at radius 1 is 1.25 bits per heavy atom. The Labute approximate surface area is 95.6 Å². The summed E-state index contributed by atoms with van der Waals surface area (Å²) in [7, 11) is 0. The second-order valence-electron chi connectivity index (χ2n) is 4.82. The highest BCUT2D eigenvalue weighted by atomic mass is 15.4. The fraction of sp³-hybridized carbons (Fsp3) is 0.818. The Bertz CT molecular complexity index is 338. The predicted octanol–water partition coefficient (Wildman–Crippen LogP) is 0.557. The SMILES string of the molecule is C1CC(Cc2nc(N3CCNCC3)n[nH]2)C1.